The molecule has 1 saturated heterocycles. The molecule has 2 aromatic rings. The maximum Gasteiger partial charge on any atom is 0.417 e. The van der Waals surface area contributed by atoms with E-state index in [0.717, 1.165) is 11.1 Å². The number of carbonyl (C=O) groups is 1. The third-order valence-corrected chi connectivity index (χ3v) is 4.90. The van der Waals surface area contributed by atoms with Gasteiger partial charge in [0.2, 0.25) is 0 Å². The van der Waals surface area contributed by atoms with Gasteiger partial charge in [0, 0.05) is 16.8 Å². The SMILES string of the molecule is CC1(C)CON(Cc2cc(-c3ncc(C(F)(F)F)cc3Cl)c(F)cc2Cl)C1=O. The van der Waals surface area contributed by atoms with Crippen LogP contribution in [-0.4, -0.2) is 22.6 Å². The van der Waals surface area contributed by atoms with Gasteiger partial charge in [-0.15, -0.1) is 0 Å². The van der Waals surface area contributed by atoms with Crippen molar-refractivity contribution in [1.82, 2.24) is 10.0 Å². The third-order valence-electron chi connectivity index (χ3n) is 4.26. The monoisotopic (exact) mass is 436 g/mol. The summed E-state index contributed by atoms with van der Waals surface area (Å²) in [6.07, 6.45) is -4.05. The van der Waals surface area contributed by atoms with E-state index >= 15 is 0 Å². The lowest BCUT2D eigenvalue weighted by molar-refractivity contribution is -0.165. The van der Waals surface area contributed by atoms with Crippen LogP contribution in [0.15, 0.2) is 24.4 Å². The van der Waals surface area contributed by atoms with Gasteiger partial charge in [-0.05, 0) is 37.6 Å². The Morgan fingerprint density at radius 3 is 2.43 bits per heavy atom. The van der Waals surface area contributed by atoms with Crippen LogP contribution >= 0.6 is 23.2 Å². The van der Waals surface area contributed by atoms with Gasteiger partial charge >= 0.3 is 6.18 Å². The van der Waals surface area contributed by atoms with Gasteiger partial charge in [0.25, 0.3) is 5.91 Å². The summed E-state index contributed by atoms with van der Waals surface area (Å²) in [6.45, 7) is 3.56. The van der Waals surface area contributed by atoms with Crippen molar-refractivity contribution in [3.63, 3.8) is 0 Å². The van der Waals surface area contributed by atoms with Gasteiger partial charge in [-0.3, -0.25) is 14.6 Å². The molecule has 1 aromatic carbocycles. The number of rotatable bonds is 3. The fourth-order valence-electron chi connectivity index (χ4n) is 2.66. The van der Waals surface area contributed by atoms with E-state index in [9.17, 15) is 22.4 Å². The van der Waals surface area contributed by atoms with Crippen LogP contribution in [0.2, 0.25) is 10.0 Å². The fraction of sp³-hybridized carbons (Fsp3) is 0.333. The Labute approximate surface area is 168 Å². The summed E-state index contributed by atoms with van der Waals surface area (Å²) < 4.78 is 52.8. The Balaban J connectivity index is 1.98. The van der Waals surface area contributed by atoms with E-state index in [1.807, 2.05) is 0 Å². The van der Waals surface area contributed by atoms with Crippen LogP contribution in [0.4, 0.5) is 17.6 Å². The fourth-order valence-corrected chi connectivity index (χ4v) is 3.14. The molecule has 0 bridgehead atoms. The van der Waals surface area contributed by atoms with E-state index in [1.165, 1.54) is 6.07 Å². The first-order valence-corrected chi connectivity index (χ1v) is 8.81. The van der Waals surface area contributed by atoms with Crippen molar-refractivity contribution >= 4 is 29.1 Å². The maximum atomic E-state index is 14.4. The minimum absolute atomic E-state index is 0.0328. The summed E-state index contributed by atoms with van der Waals surface area (Å²) in [4.78, 5) is 21.3. The highest BCUT2D eigenvalue weighted by Crippen LogP contribution is 2.37. The van der Waals surface area contributed by atoms with Crippen LogP contribution in [-0.2, 0) is 22.4 Å². The van der Waals surface area contributed by atoms with E-state index in [-0.39, 0.29) is 40.4 Å². The highest BCUT2D eigenvalue weighted by Gasteiger charge is 2.40. The number of alkyl halides is 3. The normalized spacial score (nSPS) is 16.7. The lowest BCUT2D eigenvalue weighted by Crippen LogP contribution is -2.30. The van der Waals surface area contributed by atoms with Crippen molar-refractivity contribution in [2.75, 3.05) is 6.61 Å². The standard InChI is InChI=1S/C18H14Cl2F4N2O2/c1-17(2)8-28-26(16(17)27)7-9-3-11(14(21)5-12(9)19)15-13(20)4-10(6-25-15)18(22,23)24/h3-6H,7-8H2,1-2H3. The van der Waals surface area contributed by atoms with Crippen molar-refractivity contribution in [2.45, 2.75) is 26.6 Å². The van der Waals surface area contributed by atoms with Crippen molar-refractivity contribution in [1.29, 1.82) is 0 Å². The quantitative estimate of drug-likeness (QED) is 0.595. The van der Waals surface area contributed by atoms with Crippen molar-refractivity contribution in [3.05, 3.63) is 51.4 Å². The molecule has 0 unspecified atom stereocenters. The number of nitrogens with zero attached hydrogens (tertiary/aromatic N) is 2. The van der Waals surface area contributed by atoms with Crippen LogP contribution in [0.3, 0.4) is 0 Å². The summed E-state index contributed by atoms with van der Waals surface area (Å²) in [5.41, 5.74) is -1.72. The Morgan fingerprint density at radius 2 is 1.89 bits per heavy atom. The Hall–Kier alpha value is -1.90. The molecule has 1 aliphatic heterocycles. The van der Waals surface area contributed by atoms with Crippen LogP contribution < -0.4 is 0 Å². The Bertz CT molecular complexity index is 948. The van der Waals surface area contributed by atoms with Gasteiger partial charge in [0.05, 0.1) is 34.8 Å². The molecule has 0 radical (unpaired) electrons. The zero-order valence-corrected chi connectivity index (χ0v) is 16.2. The molecular formula is C18H14Cl2F4N2O2. The van der Waals surface area contributed by atoms with Crippen LogP contribution in [0.25, 0.3) is 11.3 Å². The number of hydrogen-bond donors (Lipinski definition) is 0. The molecule has 0 aliphatic carbocycles. The second kappa shape index (κ2) is 7.17. The summed E-state index contributed by atoms with van der Waals surface area (Å²) in [5, 5.41) is 0.784. The predicted molar refractivity (Wildman–Crippen MR) is 94.9 cm³/mol. The number of hydrogen-bond acceptors (Lipinski definition) is 3. The highest BCUT2D eigenvalue weighted by atomic mass is 35.5. The lowest BCUT2D eigenvalue weighted by atomic mass is 9.95. The minimum atomic E-state index is -4.63. The number of amides is 1. The molecule has 3 rings (SSSR count). The second-order valence-corrected chi connectivity index (χ2v) is 7.79. The van der Waals surface area contributed by atoms with E-state index in [0.29, 0.717) is 17.8 Å². The second-order valence-electron chi connectivity index (χ2n) is 6.97. The molecule has 1 amide bonds. The molecule has 1 aromatic heterocycles. The molecule has 1 fully saturated rings. The molecule has 4 nitrogen and oxygen atoms in total. The summed E-state index contributed by atoms with van der Waals surface area (Å²) in [6, 6.07) is 2.96. The summed E-state index contributed by atoms with van der Waals surface area (Å²) in [7, 11) is 0. The molecule has 0 spiro atoms. The van der Waals surface area contributed by atoms with Crippen LogP contribution in [0.1, 0.15) is 25.0 Å². The third kappa shape index (κ3) is 3.94. The number of carbonyl (C=O) groups excluding carboxylic acids is 1. The lowest BCUT2D eigenvalue weighted by Gasteiger charge is -2.18. The number of aromatic nitrogens is 1. The highest BCUT2D eigenvalue weighted by molar-refractivity contribution is 6.33. The van der Waals surface area contributed by atoms with Gasteiger partial charge in [0.15, 0.2) is 0 Å². The van der Waals surface area contributed by atoms with E-state index < -0.39 is 23.0 Å². The number of hydroxylamine groups is 2. The molecule has 0 N–H and O–H groups in total. The van der Waals surface area contributed by atoms with Crippen molar-refractivity contribution < 1.29 is 27.2 Å². The average Bonchev–Trinajstić information content (AvgIpc) is 2.83. The van der Waals surface area contributed by atoms with Crippen molar-refractivity contribution in [2.24, 2.45) is 5.41 Å². The van der Waals surface area contributed by atoms with Gasteiger partial charge in [-0.2, -0.15) is 13.2 Å². The molecule has 0 saturated carbocycles. The Kier molecular flexibility index (Phi) is 5.33. The number of pyridine rings is 1. The minimum Gasteiger partial charge on any atom is -0.272 e. The molecule has 2 heterocycles. The van der Waals surface area contributed by atoms with Gasteiger partial charge in [0.1, 0.15) is 5.82 Å². The molecule has 0 atom stereocenters. The van der Waals surface area contributed by atoms with Crippen LogP contribution in [0.5, 0.6) is 0 Å². The summed E-state index contributed by atoms with van der Waals surface area (Å²) >= 11 is 12.0. The first-order chi connectivity index (χ1) is 12.9. The van der Waals surface area contributed by atoms with E-state index in [1.54, 1.807) is 13.8 Å². The molecule has 28 heavy (non-hydrogen) atoms. The first kappa shape index (κ1) is 20.8. The van der Waals surface area contributed by atoms with E-state index in [2.05, 4.69) is 4.98 Å². The number of benzene rings is 1. The topological polar surface area (TPSA) is 42.4 Å². The summed E-state index contributed by atoms with van der Waals surface area (Å²) in [5.74, 6) is -1.07. The predicted octanol–water partition coefficient (Wildman–Crippen LogP) is 5.51. The zero-order chi connectivity index (χ0) is 20.9. The van der Waals surface area contributed by atoms with Crippen LogP contribution in [0, 0.1) is 11.2 Å². The van der Waals surface area contributed by atoms with E-state index in [4.69, 9.17) is 28.0 Å². The van der Waals surface area contributed by atoms with Gasteiger partial charge in [-0.1, -0.05) is 23.2 Å². The first-order valence-electron chi connectivity index (χ1n) is 8.06. The molecule has 1 aliphatic rings. The average molecular weight is 437 g/mol. The Morgan fingerprint density at radius 1 is 1.21 bits per heavy atom. The smallest absolute Gasteiger partial charge is 0.272 e. The number of halogens is 6. The van der Waals surface area contributed by atoms with Gasteiger partial charge < -0.3 is 0 Å². The largest absolute Gasteiger partial charge is 0.417 e. The van der Waals surface area contributed by atoms with Gasteiger partial charge in [-0.25, -0.2) is 9.45 Å². The zero-order valence-electron chi connectivity index (χ0n) is 14.7. The molecule has 10 heteroatoms. The maximum absolute atomic E-state index is 14.4. The van der Waals surface area contributed by atoms with Crippen molar-refractivity contribution in [3.8, 4) is 11.3 Å². The molecular weight excluding hydrogens is 423 g/mol. The molecule has 150 valence electrons.